The maximum Gasteiger partial charge on any atom is 0.325 e. The van der Waals surface area contributed by atoms with Gasteiger partial charge in [-0.2, -0.15) is 4.31 Å². The second-order valence-corrected chi connectivity index (χ2v) is 10.7. The topological polar surface area (TPSA) is 116 Å². The first-order chi connectivity index (χ1) is 15.1. The van der Waals surface area contributed by atoms with Crippen LogP contribution in [0.25, 0.3) is 11.0 Å². The zero-order valence-corrected chi connectivity index (χ0v) is 19.3. The van der Waals surface area contributed by atoms with Gasteiger partial charge in [-0.05, 0) is 56.4 Å². The van der Waals surface area contributed by atoms with Gasteiger partial charge in [-0.25, -0.2) is 13.4 Å². The lowest BCUT2D eigenvalue weighted by atomic mass is 9.84. The van der Waals surface area contributed by atoms with Gasteiger partial charge in [-0.3, -0.25) is 9.78 Å². The number of carboxylic acids is 1. The van der Waals surface area contributed by atoms with Crippen LogP contribution in [0.2, 0.25) is 0 Å². The fourth-order valence-corrected chi connectivity index (χ4v) is 6.20. The minimum atomic E-state index is -3.98. The van der Waals surface area contributed by atoms with Gasteiger partial charge in [0.05, 0.1) is 16.1 Å². The first-order valence-electron chi connectivity index (χ1n) is 10.8. The van der Waals surface area contributed by atoms with Gasteiger partial charge in [0, 0.05) is 19.7 Å². The minimum Gasteiger partial charge on any atom is -0.480 e. The van der Waals surface area contributed by atoms with E-state index in [2.05, 4.69) is 15.0 Å². The number of likely N-dealkylation sites (N-methyl/N-ethyl adjacent to an activating group) is 1. The molecular weight excluding hydrogens is 428 g/mol. The fourth-order valence-electron chi connectivity index (χ4n) is 4.68. The summed E-state index contributed by atoms with van der Waals surface area (Å²) in [5.41, 5.74) is 1.93. The molecule has 0 unspecified atom stereocenters. The van der Waals surface area contributed by atoms with E-state index in [0.717, 1.165) is 45.3 Å². The fraction of sp³-hybridized carbons (Fsp3) is 0.435. The molecule has 0 aliphatic heterocycles. The lowest BCUT2D eigenvalue weighted by molar-refractivity contribution is -0.150. The van der Waals surface area contributed by atoms with E-state index in [9.17, 15) is 18.3 Å². The molecule has 2 aromatic heterocycles. The molecule has 1 aliphatic carbocycles. The number of nitrogens with zero attached hydrogens (tertiary/aromatic N) is 3. The molecule has 4 rings (SSSR count). The lowest BCUT2D eigenvalue weighted by Gasteiger charge is -2.38. The third kappa shape index (κ3) is 3.80. The van der Waals surface area contributed by atoms with Gasteiger partial charge in [0.15, 0.2) is 0 Å². The van der Waals surface area contributed by atoms with Crippen LogP contribution in [-0.2, 0) is 21.2 Å². The van der Waals surface area contributed by atoms with Crippen molar-refractivity contribution in [1.29, 1.82) is 0 Å². The summed E-state index contributed by atoms with van der Waals surface area (Å²) in [6.07, 6.45) is 5.50. The zero-order chi connectivity index (χ0) is 23.1. The molecular formula is C23H28N4O4S. The number of carboxylic acid groups (broad SMARTS) is 1. The van der Waals surface area contributed by atoms with Crippen molar-refractivity contribution in [3.8, 4) is 0 Å². The Morgan fingerprint density at radius 2 is 1.88 bits per heavy atom. The van der Waals surface area contributed by atoms with Crippen LogP contribution in [0.4, 0.5) is 0 Å². The number of pyridine rings is 1. The van der Waals surface area contributed by atoms with Crippen LogP contribution in [0.15, 0.2) is 41.4 Å². The molecule has 3 aromatic rings. The Labute approximate surface area is 187 Å². The Balaban J connectivity index is 1.60. The second-order valence-electron chi connectivity index (χ2n) is 8.70. The number of hydrogen-bond acceptors (Lipinski definition) is 5. The number of aromatic amines is 1. The Bertz CT molecular complexity index is 1250. The summed E-state index contributed by atoms with van der Waals surface area (Å²) in [5.74, 6) is -0.508. The molecule has 1 saturated carbocycles. The van der Waals surface area contributed by atoms with Crippen molar-refractivity contribution in [2.45, 2.75) is 56.4 Å². The smallest absolute Gasteiger partial charge is 0.325 e. The number of fused-ring (bicyclic) bond motifs is 1. The number of sulfonamides is 1. The lowest BCUT2D eigenvalue weighted by Crippen LogP contribution is -2.57. The molecule has 1 atom stereocenters. The van der Waals surface area contributed by atoms with E-state index in [4.69, 9.17) is 0 Å². The first kappa shape index (κ1) is 22.4. The number of aromatic nitrogens is 3. The van der Waals surface area contributed by atoms with Gasteiger partial charge in [0.2, 0.25) is 10.0 Å². The number of aryl methyl sites for hydroxylation is 1. The monoisotopic (exact) mass is 456 g/mol. The summed E-state index contributed by atoms with van der Waals surface area (Å²) in [7, 11) is -2.61. The second kappa shape index (κ2) is 8.29. The SMILES string of the molecule is Cc1nc2c(Cc3ccc(S(=O)(=O)N(C)[C@@](C)(C(=O)O)C4CCCC4)cc3)nccc2[nH]1. The maximum absolute atomic E-state index is 13.3. The van der Waals surface area contributed by atoms with E-state index in [0.29, 0.717) is 19.3 Å². The van der Waals surface area contributed by atoms with Crippen LogP contribution in [0.3, 0.4) is 0 Å². The number of imidazole rings is 1. The molecule has 32 heavy (non-hydrogen) atoms. The van der Waals surface area contributed by atoms with Crippen molar-refractivity contribution >= 4 is 27.0 Å². The number of H-pyrrole nitrogens is 1. The van der Waals surface area contributed by atoms with Crippen molar-refractivity contribution < 1.29 is 18.3 Å². The number of nitrogens with one attached hydrogen (secondary N) is 1. The molecule has 1 aliphatic rings. The molecule has 1 aromatic carbocycles. The maximum atomic E-state index is 13.3. The van der Waals surface area contributed by atoms with E-state index < -0.39 is 21.5 Å². The van der Waals surface area contributed by atoms with Gasteiger partial charge in [0.1, 0.15) is 16.9 Å². The summed E-state index contributed by atoms with van der Waals surface area (Å²) in [4.78, 5) is 24.4. The number of benzene rings is 1. The third-order valence-corrected chi connectivity index (χ3v) is 8.75. The quantitative estimate of drug-likeness (QED) is 0.562. The number of carbonyl (C=O) groups is 1. The highest BCUT2D eigenvalue weighted by atomic mass is 32.2. The zero-order valence-electron chi connectivity index (χ0n) is 18.5. The predicted octanol–water partition coefficient (Wildman–Crippen LogP) is 3.51. The van der Waals surface area contributed by atoms with E-state index in [1.165, 1.54) is 26.1 Å². The molecule has 0 saturated heterocycles. The van der Waals surface area contributed by atoms with E-state index >= 15 is 0 Å². The summed E-state index contributed by atoms with van der Waals surface area (Å²) < 4.78 is 27.7. The standard InChI is InChI=1S/C23H28N4O4S/c1-15-25-19-12-13-24-20(21(19)26-15)14-16-8-10-18(11-9-16)32(30,31)27(3)23(2,22(28)29)17-6-4-5-7-17/h8-13,17H,4-7,14H2,1-3H3,(H,25,26)(H,28,29)/t23-/m1/s1. The van der Waals surface area contributed by atoms with Crippen LogP contribution >= 0.6 is 0 Å². The van der Waals surface area contributed by atoms with Gasteiger partial charge in [-0.1, -0.05) is 25.0 Å². The predicted molar refractivity (Wildman–Crippen MR) is 121 cm³/mol. The van der Waals surface area contributed by atoms with Crippen molar-refractivity contribution in [2.75, 3.05) is 7.05 Å². The van der Waals surface area contributed by atoms with Gasteiger partial charge < -0.3 is 10.1 Å². The van der Waals surface area contributed by atoms with E-state index in [-0.39, 0.29) is 10.8 Å². The summed E-state index contributed by atoms with van der Waals surface area (Å²) in [6, 6.07) is 8.43. The van der Waals surface area contributed by atoms with Crippen molar-refractivity contribution in [3.05, 3.63) is 53.6 Å². The van der Waals surface area contributed by atoms with E-state index in [1.54, 1.807) is 18.3 Å². The molecule has 9 heteroatoms. The van der Waals surface area contributed by atoms with E-state index in [1.807, 2.05) is 13.0 Å². The average Bonchev–Trinajstić information content (AvgIpc) is 3.43. The molecule has 0 radical (unpaired) electrons. The normalized spacial score (nSPS) is 17.1. The van der Waals surface area contributed by atoms with Gasteiger partial charge in [-0.15, -0.1) is 0 Å². The summed E-state index contributed by atoms with van der Waals surface area (Å²) in [5, 5.41) is 9.95. The molecule has 1 fully saturated rings. The molecule has 2 heterocycles. The Morgan fingerprint density at radius 3 is 2.50 bits per heavy atom. The minimum absolute atomic E-state index is 0.0796. The first-order valence-corrected chi connectivity index (χ1v) is 12.2. The number of aliphatic carboxylic acids is 1. The average molecular weight is 457 g/mol. The molecule has 0 amide bonds. The van der Waals surface area contributed by atoms with Gasteiger partial charge >= 0.3 is 5.97 Å². The third-order valence-electron chi connectivity index (χ3n) is 6.79. The highest BCUT2D eigenvalue weighted by Gasteiger charge is 2.50. The largest absolute Gasteiger partial charge is 0.480 e. The molecule has 8 nitrogen and oxygen atoms in total. The molecule has 2 N–H and O–H groups in total. The van der Waals surface area contributed by atoms with Crippen molar-refractivity contribution in [1.82, 2.24) is 19.3 Å². The molecule has 0 bridgehead atoms. The Kier molecular flexibility index (Phi) is 5.81. The summed E-state index contributed by atoms with van der Waals surface area (Å²) in [6.45, 7) is 3.41. The summed E-state index contributed by atoms with van der Waals surface area (Å²) >= 11 is 0. The van der Waals surface area contributed by atoms with Crippen molar-refractivity contribution in [3.63, 3.8) is 0 Å². The van der Waals surface area contributed by atoms with Crippen LogP contribution in [-0.4, -0.2) is 51.3 Å². The van der Waals surface area contributed by atoms with Crippen LogP contribution in [0.1, 0.15) is 49.7 Å². The highest BCUT2D eigenvalue weighted by molar-refractivity contribution is 7.89. The molecule has 0 spiro atoms. The van der Waals surface area contributed by atoms with Crippen molar-refractivity contribution in [2.24, 2.45) is 5.92 Å². The molecule has 170 valence electrons. The number of hydrogen-bond donors (Lipinski definition) is 2. The Morgan fingerprint density at radius 1 is 1.22 bits per heavy atom. The van der Waals surface area contributed by atoms with Crippen LogP contribution < -0.4 is 0 Å². The van der Waals surface area contributed by atoms with Crippen LogP contribution in [0, 0.1) is 12.8 Å². The number of rotatable bonds is 7. The van der Waals surface area contributed by atoms with Crippen LogP contribution in [0.5, 0.6) is 0 Å². The van der Waals surface area contributed by atoms with Gasteiger partial charge in [0.25, 0.3) is 0 Å². The highest BCUT2D eigenvalue weighted by Crippen LogP contribution is 2.39. The Hall–Kier alpha value is -2.78.